The fraction of sp³-hybridized carbons (Fsp3) is 0.250. The largest absolute Gasteiger partial charge is 0.419 e. The molecule has 10 heteroatoms. The highest BCUT2D eigenvalue weighted by Crippen LogP contribution is 2.45. The lowest BCUT2D eigenvalue weighted by Crippen LogP contribution is -2.23. The molecular formula is C16H10ClF5N4. The lowest BCUT2D eigenvalue weighted by Gasteiger charge is -2.24. The number of hydrogen-bond acceptors (Lipinski definition) is 3. The zero-order valence-electron chi connectivity index (χ0n) is 12.9. The maximum Gasteiger partial charge on any atom is 0.419 e. The molecule has 0 N–H and O–H groups in total. The number of fused-ring (bicyclic) bond motifs is 2. The van der Waals surface area contributed by atoms with Crippen molar-refractivity contribution in [2.45, 2.75) is 19.0 Å². The van der Waals surface area contributed by atoms with Gasteiger partial charge in [-0.05, 0) is 30.2 Å². The summed E-state index contributed by atoms with van der Waals surface area (Å²) in [6.07, 6.45) is -7.23. The van der Waals surface area contributed by atoms with Crippen molar-refractivity contribution in [1.82, 2.24) is 14.6 Å². The van der Waals surface area contributed by atoms with Crippen LogP contribution in [0.15, 0.2) is 30.3 Å². The standard InChI is InChI=1S/C16H10ClF5N4/c17-10-3-1-2-8-6-7-25(12(8)10)15-9(16(20,21)22)4-5-11-23-14(13(18)19)24-26(11)15/h1-5,13H,6-7H2. The molecule has 0 saturated carbocycles. The van der Waals surface area contributed by atoms with Gasteiger partial charge in [0, 0.05) is 6.54 Å². The van der Waals surface area contributed by atoms with Crippen molar-refractivity contribution in [3.63, 3.8) is 0 Å². The third-order valence-electron chi connectivity index (χ3n) is 4.19. The second kappa shape index (κ2) is 5.80. The molecule has 0 radical (unpaired) electrons. The van der Waals surface area contributed by atoms with E-state index in [1.165, 1.54) is 4.90 Å². The Labute approximate surface area is 148 Å². The molecule has 136 valence electrons. The number of nitrogens with zero attached hydrogens (tertiary/aromatic N) is 4. The second-order valence-corrected chi connectivity index (χ2v) is 6.17. The number of rotatable bonds is 2. The first-order chi connectivity index (χ1) is 12.3. The van der Waals surface area contributed by atoms with Crippen molar-refractivity contribution in [1.29, 1.82) is 0 Å². The normalized spacial score (nSPS) is 14.5. The van der Waals surface area contributed by atoms with Gasteiger partial charge in [0.25, 0.3) is 6.43 Å². The fourth-order valence-corrected chi connectivity index (χ4v) is 3.44. The predicted octanol–water partition coefficient (Wildman–Crippen LogP) is 5.03. The molecule has 0 bridgehead atoms. The van der Waals surface area contributed by atoms with Crippen LogP contribution in [0.5, 0.6) is 0 Å². The first-order valence-electron chi connectivity index (χ1n) is 7.57. The molecule has 0 saturated heterocycles. The monoisotopic (exact) mass is 388 g/mol. The Balaban J connectivity index is 2.02. The summed E-state index contributed by atoms with van der Waals surface area (Å²) in [6, 6.07) is 6.89. The van der Waals surface area contributed by atoms with E-state index in [-0.39, 0.29) is 23.0 Å². The van der Waals surface area contributed by atoms with Crippen molar-refractivity contribution in [3.05, 3.63) is 52.3 Å². The van der Waals surface area contributed by atoms with Gasteiger partial charge in [-0.3, -0.25) is 0 Å². The van der Waals surface area contributed by atoms with Gasteiger partial charge in [-0.1, -0.05) is 23.7 Å². The topological polar surface area (TPSA) is 33.4 Å². The van der Waals surface area contributed by atoms with Crippen LogP contribution in [-0.2, 0) is 12.6 Å². The summed E-state index contributed by atoms with van der Waals surface area (Å²) in [5.41, 5.74) is 0.102. The fourth-order valence-electron chi connectivity index (χ4n) is 3.14. The molecule has 3 aromatic rings. The van der Waals surface area contributed by atoms with Crippen molar-refractivity contribution in [2.24, 2.45) is 0 Å². The van der Waals surface area contributed by atoms with Gasteiger partial charge in [0.2, 0.25) is 5.82 Å². The Kier molecular flexibility index (Phi) is 3.80. The average Bonchev–Trinajstić information content (AvgIpc) is 3.17. The van der Waals surface area contributed by atoms with Gasteiger partial charge in [0.05, 0.1) is 16.3 Å². The van der Waals surface area contributed by atoms with Crippen LogP contribution in [0, 0.1) is 0 Å². The molecule has 0 atom stereocenters. The maximum absolute atomic E-state index is 13.6. The van der Waals surface area contributed by atoms with Crippen LogP contribution in [0.4, 0.5) is 33.5 Å². The lowest BCUT2D eigenvalue weighted by atomic mass is 10.1. The Hall–Kier alpha value is -2.42. The molecule has 1 aromatic carbocycles. The lowest BCUT2D eigenvalue weighted by molar-refractivity contribution is -0.137. The molecular weight excluding hydrogens is 379 g/mol. The van der Waals surface area contributed by atoms with Gasteiger partial charge in [-0.2, -0.15) is 17.7 Å². The molecule has 4 rings (SSSR count). The zero-order valence-corrected chi connectivity index (χ0v) is 13.7. The minimum absolute atomic E-state index is 0.0937. The number of aromatic nitrogens is 3. The average molecular weight is 389 g/mol. The summed E-state index contributed by atoms with van der Waals surface area (Å²) in [5, 5.41) is 3.88. The third-order valence-corrected chi connectivity index (χ3v) is 4.50. The number of pyridine rings is 1. The number of alkyl halides is 5. The summed E-state index contributed by atoms with van der Waals surface area (Å²) < 4.78 is 67.5. The van der Waals surface area contributed by atoms with Gasteiger partial charge in [-0.15, -0.1) is 5.10 Å². The summed E-state index contributed by atoms with van der Waals surface area (Å²) in [4.78, 5) is 4.98. The molecule has 0 unspecified atom stereocenters. The Morgan fingerprint density at radius 2 is 1.88 bits per heavy atom. The van der Waals surface area contributed by atoms with E-state index in [0.717, 1.165) is 22.2 Å². The van der Waals surface area contributed by atoms with Crippen LogP contribution >= 0.6 is 11.6 Å². The Morgan fingerprint density at radius 3 is 2.58 bits per heavy atom. The van der Waals surface area contributed by atoms with Gasteiger partial charge in [-0.25, -0.2) is 13.8 Å². The van der Waals surface area contributed by atoms with Crippen LogP contribution in [0.25, 0.3) is 5.65 Å². The first kappa shape index (κ1) is 17.0. The molecule has 0 amide bonds. The minimum atomic E-state index is -4.70. The number of halogens is 6. The summed E-state index contributed by atoms with van der Waals surface area (Å²) in [5.74, 6) is -1.20. The van der Waals surface area contributed by atoms with Crippen LogP contribution in [-0.4, -0.2) is 21.1 Å². The number of hydrogen-bond donors (Lipinski definition) is 0. The van der Waals surface area contributed by atoms with E-state index < -0.39 is 24.0 Å². The van der Waals surface area contributed by atoms with Crippen molar-refractivity contribution in [3.8, 4) is 0 Å². The Morgan fingerprint density at radius 1 is 1.12 bits per heavy atom. The van der Waals surface area contributed by atoms with Crippen LogP contribution < -0.4 is 4.90 Å². The Bertz CT molecular complexity index is 998. The molecule has 3 heterocycles. The molecule has 0 aliphatic carbocycles. The zero-order chi connectivity index (χ0) is 18.6. The molecule has 0 fully saturated rings. The van der Waals surface area contributed by atoms with E-state index >= 15 is 0 Å². The van der Waals surface area contributed by atoms with E-state index in [4.69, 9.17) is 11.6 Å². The summed E-state index contributed by atoms with van der Waals surface area (Å²) in [7, 11) is 0. The molecule has 4 nitrogen and oxygen atoms in total. The van der Waals surface area contributed by atoms with Crippen LogP contribution in [0.1, 0.15) is 23.4 Å². The second-order valence-electron chi connectivity index (χ2n) is 5.76. The predicted molar refractivity (Wildman–Crippen MR) is 85.1 cm³/mol. The summed E-state index contributed by atoms with van der Waals surface area (Å²) >= 11 is 6.20. The van der Waals surface area contributed by atoms with E-state index in [1.54, 1.807) is 18.2 Å². The number of benzene rings is 1. The molecule has 1 aliphatic rings. The van der Waals surface area contributed by atoms with Crippen molar-refractivity contribution < 1.29 is 22.0 Å². The number of anilines is 2. The van der Waals surface area contributed by atoms with Crippen molar-refractivity contribution in [2.75, 3.05) is 11.4 Å². The minimum Gasteiger partial charge on any atom is -0.324 e. The highest BCUT2D eigenvalue weighted by molar-refractivity contribution is 6.33. The van der Waals surface area contributed by atoms with Crippen LogP contribution in [0.3, 0.4) is 0 Å². The SMILES string of the molecule is FC(F)c1nc2ccc(C(F)(F)F)c(N3CCc4cccc(Cl)c43)n2n1. The van der Waals surface area contributed by atoms with Crippen molar-refractivity contribution >= 4 is 28.8 Å². The molecule has 1 aliphatic heterocycles. The highest BCUT2D eigenvalue weighted by Gasteiger charge is 2.39. The molecule has 0 spiro atoms. The van der Waals surface area contributed by atoms with Crippen LogP contribution in [0.2, 0.25) is 5.02 Å². The smallest absolute Gasteiger partial charge is 0.324 e. The van der Waals surface area contributed by atoms with E-state index in [0.29, 0.717) is 12.1 Å². The van der Waals surface area contributed by atoms with E-state index in [2.05, 4.69) is 10.1 Å². The van der Waals surface area contributed by atoms with E-state index in [9.17, 15) is 22.0 Å². The van der Waals surface area contributed by atoms with Gasteiger partial charge in [0.1, 0.15) is 5.82 Å². The quantitative estimate of drug-likeness (QED) is 0.577. The first-order valence-corrected chi connectivity index (χ1v) is 7.95. The highest BCUT2D eigenvalue weighted by atomic mass is 35.5. The number of para-hydroxylation sites is 1. The van der Waals surface area contributed by atoms with E-state index in [1.807, 2.05) is 0 Å². The van der Waals surface area contributed by atoms with Gasteiger partial charge in [0.15, 0.2) is 5.65 Å². The maximum atomic E-state index is 13.6. The van der Waals surface area contributed by atoms with Gasteiger partial charge < -0.3 is 4.90 Å². The summed E-state index contributed by atoms with van der Waals surface area (Å²) in [6.45, 7) is 0.213. The molecule has 2 aromatic heterocycles. The molecule has 26 heavy (non-hydrogen) atoms. The third kappa shape index (κ3) is 2.57. The van der Waals surface area contributed by atoms with Gasteiger partial charge >= 0.3 is 6.18 Å².